The van der Waals surface area contributed by atoms with E-state index in [2.05, 4.69) is 15.9 Å². The van der Waals surface area contributed by atoms with Gasteiger partial charge in [-0.2, -0.15) is 0 Å². The predicted molar refractivity (Wildman–Crippen MR) is 68.9 cm³/mol. The van der Waals surface area contributed by atoms with Gasteiger partial charge in [0, 0.05) is 5.56 Å². The Hall–Kier alpha value is -1.26. The van der Waals surface area contributed by atoms with Crippen molar-refractivity contribution in [3.05, 3.63) is 68.7 Å². The van der Waals surface area contributed by atoms with E-state index in [4.69, 9.17) is 11.6 Å². The summed E-state index contributed by atoms with van der Waals surface area (Å²) in [7, 11) is 0. The molecule has 1 nitrogen and oxygen atoms in total. The zero-order valence-electron chi connectivity index (χ0n) is 8.88. The van der Waals surface area contributed by atoms with Gasteiger partial charge in [-0.3, -0.25) is 4.79 Å². The molecule has 0 aliphatic rings. The van der Waals surface area contributed by atoms with Gasteiger partial charge in [-0.15, -0.1) is 0 Å². The Labute approximate surface area is 116 Å². The van der Waals surface area contributed by atoms with Crippen LogP contribution in [0.2, 0.25) is 5.02 Å². The van der Waals surface area contributed by atoms with E-state index in [1.807, 2.05) is 0 Å². The second-order valence-electron chi connectivity index (χ2n) is 3.56. The third-order valence-electron chi connectivity index (χ3n) is 2.37. The molecule has 2 aromatic rings. The summed E-state index contributed by atoms with van der Waals surface area (Å²) in [6.45, 7) is 0. The summed E-state index contributed by atoms with van der Waals surface area (Å²) in [5, 5.41) is 0.199. The Morgan fingerprint density at radius 3 is 2.39 bits per heavy atom. The van der Waals surface area contributed by atoms with Crippen LogP contribution in [0.15, 0.2) is 40.9 Å². The van der Waals surface area contributed by atoms with E-state index in [1.54, 1.807) is 12.1 Å². The molecule has 0 amide bonds. The highest BCUT2D eigenvalue weighted by atomic mass is 79.9. The van der Waals surface area contributed by atoms with Crippen molar-refractivity contribution in [1.29, 1.82) is 0 Å². The summed E-state index contributed by atoms with van der Waals surface area (Å²) >= 11 is 8.69. The second kappa shape index (κ2) is 5.16. The zero-order valence-corrected chi connectivity index (χ0v) is 11.2. The van der Waals surface area contributed by atoms with Gasteiger partial charge in [-0.25, -0.2) is 8.78 Å². The molecule has 0 saturated carbocycles. The summed E-state index contributed by atoms with van der Waals surface area (Å²) in [4.78, 5) is 12.0. The zero-order chi connectivity index (χ0) is 13.3. The maximum absolute atomic E-state index is 13.6. The van der Waals surface area contributed by atoms with Crippen molar-refractivity contribution in [3.8, 4) is 0 Å². The standard InChI is InChI=1S/C13H6BrClF2O/c14-9-6-11(16)8(5-12(9)17)13(18)7-3-1-2-4-10(7)15/h1-6H. The molecular weight excluding hydrogens is 325 g/mol. The molecule has 0 heterocycles. The molecule has 0 bridgehead atoms. The number of ketones is 1. The summed E-state index contributed by atoms with van der Waals surface area (Å²) < 4.78 is 26.9. The molecule has 0 aliphatic heterocycles. The average molecular weight is 332 g/mol. The summed E-state index contributed by atoms with van der Waals surface area (Å²) in [5.41, 5.74) is -0.205. The lowest BCUT2D eigenvalue weighted by molar-refractivity contribution is 0.103. The van der Waals surface area contributed by atoms with E-state index < -0.39 is 17.4 Å². The first-order chi connectivity index (χ1) is 8.50. The van der Waals surface area contributed by atoms with Crippen LogP contribution >= 0.6 is 27.5 Å². The van der Waals surface area contributed by atoms with Crippen LogP contribution < -0.4 is 0 Å². The first-order valence-corrected chi connectivity index (χ1v) is 6.11. The molecule has 0 radical (unpaired) electrons. The number of hydrogen-bond acceptors (Lipinski definition) is 1. The van der Waals surface area contributed by atoms with Gasteiger partial charge in [0.05, 0.1) is 15.1 Å². The Morgan fingerprint density at radius 2 is 1.72 bits per heavy atom. The molecule has 0 atom stereocenters. The summed E-state index contributed by atoms with van der Waals surface area (Å²) in [6.07, 6.45) is 0. The van der Waals surface area contributed by atoms with Gasteiger partial charge < -0.3 is 0 Å². The molecule has 0 aliphatic carbocycles. The fraction of sp³-hybridized carbons (Fsp3) is 0. The fourth-order valence-corrected chi connectivity index (χ4v) is 2.02. The number of hydrogen-bond donors (Lipinski definition) is 0. The Balaban J connectivity index is 2.53. The maximum atomic E-state index is 13.6. The van der Waals surface area contributed by atoms with Crippen molar-refractivity contribution < 1.29 is 13.6 Å². The van der Waals surface area contributed by atoms with Gasteiger partial charge in [0.2, 0.25) is 0 Å². The minimum absolute atomic E-state index is 0.0318. The molecule has 0 spiro atoms. The van der Waals surface area contributed by atoms with Crippen LogP contribution in [0.3, 0.4) is 0 Å². The Bertz CT molecular complexity index is 628. The van der Waals surface area contributed by atoms with Crippen molar-refractivity contribution >= 4 is 33.3 Å². The highest BCUT2D eigenvalue weighted by Crippen LogP contribution is 2.24. The van der Waals surface area contributed by atoms with E-state index in [0.29, 0.717) is 0 Å². The third kappa shape index (κ3) is 2.44. The van der Waals surface area contributed by atoms with E-state index in [9.17, 15) is 13.6 Å². The summed E-state index contributed by atoms with van der Waals surface area (Å²) in [6, 6.07) is 8.00. The third-order valence-corrected chi connectivity index (χ3v) is 3.31. The molecule has 0 aromatic heterocycles. The summed E-state index contributed by atoms with van der Waals surface area (Å²) in [5.74, 6) is -2.15. The number of carbonyl (C=O) groups is 1. The van der Waals surface area contributed by atoms with Gasteiger partial charge >= 0.3 is 0 Å². The molecule has 5 heteroatoms. The first kappa shape index (κ1) is 13.2. The van der Waals surface area contributed by atoms with Crippen LogP contribution in [-0.2, 0) is 0 Å². The molecule has 0 fully saturated rings. The number of halogens is 4. The van der Waals surface area contributed by atoms with E-state index in [-0.39, 0.29) is 20.6 Å². The quantitative estimate of drug-likeness (QED) is 0.580. The highest BCUT2D eigenvalue weighted by molar-refractivity contribution is 9.10. The van der Waals surface area contributed by atoms with Gasteiger partial charge in [0.25, 0.3) is 0 Å². The van der Waals surface area contributed by atoms with Crippen LogP contribution in [0.25, 0.3) is 0 Å². The lowest BCUT2D eigenvalue weighted by Gasteiger charge is -2.05. The Kier molecular flexibility index (Phi) is 3.78. The van der Waals surface area contributed by atoms with E-state index >= 15 is 0 Å². The minimum Gasteiger partial charge on any atom is -0.288 e. The molecule has 18 heavy (non-hydrogen) atoms. The lowest BCUT2D eigenvalue weighted by atomic mass is 10.0. The molecular formula is C13H6BrClF2O. The fourth-order valence-electron chi connectivity index (χ4n) is 1.49. The van der Waals surface area contributed by atoms with Crippen LogP contribution in [0.4, 0.5) is 8.78 Å². The van der Waals surface area contributed by atoms with Gasteiger partial charge in [-0.1, -0.05) is 23.7 Å². The van der Waals surface area contributed by atoms with Gasteiger partial charge in [0.1, 0.15) is 11.6 Å². The van der Waals surface area contributed by atoms with E-state index in [1.165, 1.54) is 12.1 Å². The molecule has 0 unspecified atom stereocenters. The second-order valence-corrected chi connectivity index (χ2v) is 4.82. The molecule has 2 aromatic carbocycles. The first-order valence-electron chi connectivity index (χ1n) is 4.94. The molecule has 0 N–H and O–H groups in total. The average Bonchev–Trinajstić information content (AvgIpc) is 2.33. The topological polar surface area (TPSA) is 17.1 Å². The van der Waals surface area contributed by atoms with Crippen molar-refractivity contribution in [1.82, 2.24) is 0 Å². The van der Waals surface area contributed by atoms with Crippen LogP contribution in [-0.4, -0.2) is 5.78 Å². The Morgan fingerprint density at radius 1 is 1.06 bits per heavy atom. The predicted octanol–water partition coefficient (Wildman–Crippen LogP) is 4.61. The monoisotopic (exact) mass is 330 g/mol. The lowest BCUT2D eigenvalue weighted by Crippen LogP contribution is -2.06. The van der Waals surface area contributed by atoms with E-state index in [0.717, 1.165) is 12.1 Å². The SMILES string of the molecule is O=C(c1cc(F)c(Br)cc1F)c1ccccc1Cl. The van der Waals surface area contributed by atoms with Crippen molar-refractivity contribution in [2.24, 2.45) is 0 Å². The minimum atomic E-state index is -0.798. The van der Waals surface area contributed by atoms with Gasteiger partial charge in [-0.05, 0) is 40.2 Å². The van der Waals surface area contributed by atoms with Crippen molar-refractivity contribution in [2.75, 3.05) is 0 Å². The van der Waals surface area contributed by atoms with Crippen molar-refractivity contribution in [3.63, 3.8) is 0 Å². The smallest absolute Gasteiger partial charge is 0.197 e. The van der Waals surface area contributed by atoms with Crippen LogP contribution in [0, 0.1) is 11.6 Å². The largest absolute Gasteiger partial charge is 0.288 e. The maximum Gasteiger partial charge on any atom is 0.197 e. The van der Waals surface area contributed by atoms with Crippen molar-refractivity contribution in [2.45, 2.75) is 0 Å². The highest BCUT2D eigenvalue weighted by Gasteiger charge is 2.18. The van der Waals surface area contributed by atoms with Crippen LogP contribution in [0.5, 0.6) is 0 Å². The number of rotatable bonds is 2. The molecule has 2 rings (SSSR count). The van der Waals surface area contributed by atoms with Gasteiger partial charge in [0.15, 0.2) is 5.78 Å². The molecule has 0 saturated heterocycles. The molecule has 92 valence electrons. The number of carbonyl (C=O) groups excluding carboxylic acids is 1. The van der Waals surface area contributed by atoms with Crippen LogP contribution in [0.1, 0.15) is 15.9 Å². The number of benzene rings is 2. The normalized spacial score (nSPS) is 10.4.